The molecule has 1 rings (SSSR count). The summed E-state index contributed by atoms with van der Waals surface area (Å²) in [6.45, 7) is 0. The van der Waals surface area contributed by atoms with Crippen LogP contribution in [0.4, 0.5) is 0 Å². The summed E-state index contributed by atoms with van der Waals surface area (Å²) in [6.07, 6.45) is 2.07. The number of nitrogens with two attached hydrogens (primary N) is 1. The number of benzene rings is 1. The lowest BCUT2D eigenvalue weighted by Crippen LogP contribution is -2.29. The molecule has 88 valence electrons. The van der Waals surface area contributed by atoms with Gasteiger partial charge in [0.05, 0.1) is 7.11 Å². The number of carboxylic acids is 1. The number of aliphatic carboxylic acids is 1. The van der Waals surface area contributed by atoms with Crippen molar-refractivity contribution in [2.75, 3.05) is 7.11 Å². The van der Waals surface area contributed by atoms with E-state index in [0.717, 1.165) is 24.2 Å². The summed E-state index contributed by atoms with van der Waals surface area (Å²) in [5.41, 5.74) is 6.55. The summed E-state index contributed by atoms with van der Waals surface area (Å²) >= 11 is 0. The summed E-state index contributed by atoms with van der Waals surface area (Å²) in [4.78, 5) is 10.5. The highest BCUT2D eigenvalue weighted by molar-refractivity contribution is 5.72. The minimum atomic E-state index is -0.939. The Labute approximate surface area is 95.0 Å². The van der Waals surface area contributed by atoms with Gasteiger partial charge in [0.15, 0.2) is 0 Å². The fraction of sp³-hybridized carbons (Fsp3) is 0.417. The largest absolute Gasteiger partial charge is 0.497 e. The maximum Gasteiger partial charge on any atom is 0.320 e. The summed E-state index contributed by atoms with van der Waals surface area (Å²) in [6, 6.07) is 6.99. The molecular formula is C12H17NO3. The van der Waals surface area contributed by atoms with Gasteiger partial charge in [0, 0.05) is 0 Å². The van der Waals surface area contributed by atoms with Crippen LogP contribution in [0.1, 0.15) is 18.4 Å². The van der Waals surface area contributed by atoms with Crippen molar-refractivity contribution in [2.24, 2.45) is 5.73 Å². The van der Waals surface area contributed by atoms with Gasteiger partial charge in [-0.1, -0.05) is 12.1 Å². The van der Waals surface area contributed by atoms with Crippen molar-refractivity contribution in [3.05, 3.63) is 29.8 Å². The molecule has 0 aliphatic heterocycles. The van der Waals surface area contributed by atoms with Crippen LogP contribution in [0, 0.1) is 0 Å². The van der Waals surface area contributed by atoms with Gasteiger partial charge >= 0.3 is 5.97 Å². The SMILES string of the molecule is COc1cccc(CCCC(N)C(=O)O)c1. The second-order valence-electron chi connectivity index (χ2n) is 3.69. The van der Waals surface area contributed by atoms with E-state index in [1.54, 1.807) is 7.11 Å². The van der Waals surface area contributed by atoms with Crippen LogP contribution >= 0.6 is 0 Å². The maximum atomic E-state index is 10.5. The Hall–Kier alpha value is -1.55. The Morgan fingerprint density at radius 2 is 2.31 bits per heavy atom. The van der Waals surface area contributed by atoms with Crippen molar-refractivity contribution < 1.29 is 14.6 Å². The minimum Gasteiger partial charge on any atom is -0.497 e. The molecule has 0 heterocycles. The van der Waals surface area contributed by atoms with Crippen LogP contribution < -0.4 is 10.5 Å². The number of aryl methyl sites for hydroxylation is 1. The van der Waals surface area contributed by atoms with Crippen molar-refractivity contribution in [2.45, 2.75) is 25.3 Å². The van der Waals surface area contributed by atoms with E-state index in [1.807, 2.05) is 24.3 Å². The molecule has 1 aromatic carbocycles. The molecule has 0 amide bonds. The van der Waals surface area contributed by atoms with Gasteiger partial charge in [-0.2, -0.15) is 0 Å². The molecule has 4 nitrogen and oxygen atoms in total. The average Bonchev–Trinajstić information content (AvgIpc) is 2.29. The van der Waals surface area contributed by atoms with Crippen molar-refractivity contribution in [1.29, 1.82) is 0 Å². The van der Waals surface area contributed by atoms with Crippen molar-refractivity contribution >= 4 is 5.97 Å². The van der Waals surface area contributed by atoms with Crippen LogP contribution in [0.5, 0.6) is 5.75 Å². The lowest BCUT2D eigenvalue weighted by molar-refractivity contribution is -0.138. The van der Waals surface area contributed by atoms with Crippen LogP contribution in [-0.2, 0) is 11.2 Å². The monoisotopic (exact) mass is 223 g/mol. The molecule has 0 saturated carbocycles. The summed E-state index contributed by atoms with van der Waals surface area (Å²) in [5.74, 6) is -0.120. The molecule has 3 N–H and O–H groups in total. The van der Waals surface area contributed by atoms with E-state index < -0.39 is 12.0 Å². The number of carbonyl (C=O) groups is 1. The van der Waals surface area contributed by atoms with E-state index in [1.165, 1.54) is 0 Å². The molecular weight excluding hydrogens is 206 g/mol. The highest BCUT2D eigenvalue weighted by atomic mass is 16.5. The van der Waals surface area contributed by atoms with Gasteiger partial charge in [-0.25, -0.2) is 0 Å². The Balaban J connectivity index is 2.39. The highest BCUT2D eigenvalue weighted by Crippen LogP contribution is 2.14. The number of hydrogen-bond acceptors (Lipinski definition) is 3. The van der Waals surface area contributed by atoms with Gasteiger partial charge in [-0.05, 0) is 37.0 Å². The number of ether oxygens (including phenoxy) is 1. The smallest absolute Gasteiger partial charge is 0.320 e. The van der Waals surface area contributed by atoms with Gasteiger partial charge in [0.25, 0.3) is 0 Å². The Morgan fingerprint density at radius 1 is 1.56 bits per heavy atom. The number of hydrogen-bond donors (Lipinski definition) is 2. The third-order valence-electron chi connectivity index (χ3n) is 2.43. The molecule has 1 atom stereocenters. The van der Waals surface area contributed by atoms with Crippen molar-refractivity contribution in [3.63, 3.8) is 0 Å². The molecule has 0 spiro atoms. The van der Waals surface area contributed by atoms with Crippen LogP contribution in [0.25, 0.3) is 0 Å². The third-order valence-corrected chi connectivity index (χ3v) is 2.43. The normalized spacial score (nSPS) is 12.1. The molecule has 1 aromatic rings. The predicted octanol–water partition coefficient (Wildman–Crippen LogP) is 1.43. The fourth-order valence-corrected chi connectivity index (χ4v) is 1.48. The van der Waals surface area contributed by atoms with E-state index in [0.29, 0.717) is 6.42 Å². The van der Waals surface area contributed by atoms with Crippen molar-refractivity contribution in [3.8, 4) is 5.75 Å². The van der Waals surface area contributed by atoms with Gasteiger partial charge < -0.3 is 15.6 Å². The molecule has 0 aliphatic rings. The fourth-order valence-electron chi connectivity index (χ4n) is 1.48. The van der Waals surface area contributed by atoms with Crippen LogP contribution in [0.2, 0.25) is 0 Å². The molecule has 0 bridgehead atoms. The third kappa shape index (κ3) is 3.90. The lowest BCUT2D eigenvalue weighted by atomic mass is 10.1. The van der Waals surface area contributed by atoms with Gasteiger partial charge in [0.2, 0.25) is 0 Å². The van der Waals surface area contributed by atoms with Crippen LogP contribution in [0.3, 0.4) is 0 Å². The van der Waals surface area contributed by atoms with E-state index >= 15 is 0 Å². The average molecular weight is 223 g/mol. The molecule has 1 unspecified atom stereocenters. The topological polar surface area (TPSA) is 72.5 Å². The zero-order valence-electron chi connectivity index (χ0n) is 9.35. The second kappa shape index (κ2) is 6.12. The van der Waals surface area contributed by atoms with E-state index in [9.17, 15) is 4.79 Å². The molecule has 0 aliphatic carbocycles. The predicted molar refractivity (Wildman–Crippen MR) is 61.5 cm³/mol. The summed E-state index contributed by atoms with van der Waals surface area (Å²) in [5, 5.41) is 8.62. The lowest BCUT2D eigenvalue weighted by Gasteiger charge is -2.07. The quantitative estimate of drug-likeness (QED) is 0.765. The van der Waals surface area contributed by atoms with Crippen molar-refractivity contribution in [1.82, 2.24) is 0 Å². The van der Waals surface area contributed by atoms with Gasteiger partial charge in [-0.15, -0.1) is 0 Å². The van der Waals surface area contributed by atoms with Crippen LogP contribution in [0.15, 0.2) is 24.3 Å². The zero-order valence-corrected chi connectivity index (χ0v) is 9.35. The highest BCUT2D eigenvalue weighted by Gasteiger charge is 2.10. The molecule has 4 heteroatoms. The number of carboxylic acid groups (broad SMARTS) is 1. The van der Waals surface area contributed by atoms with E-state index in [-0.39, 0.29) is 0 Å². The first-order valence-electron chi connectivity index (χ1n) is 5.25. The Bertz CT molecular complexity index is 352. The minimum absolute atomic E-state index is 0.493. The first-order valence-corrected chi connectivity index (χ1v) is 5.25. The van der Waals surface area contributed by atoms with E-state index in [4.69, 9.17) is 15.6 Å². The van der Waals surface area contributed by atoms with Gasteiger partial charge in [-0.3, -0.25) is 4.79 Å². The molecule has 0 radical (unpaired) electrons. The summed E-state index contributed by atoms with van der Waals surface area (Å²) < 4.78 is 5.10. The van der Waals surface area contributed by atoms with Gasteiger partial charge in [0.1, 0.15) is 11.8 Å². The Kier molecular flexibility index (Phi) is 4.79. The van der Waals surface area contributed by atoms with Crippen LogP contribution in [-0.4, -0.2) is 24.2 Å². The molecule has 0 fully saturated rings. The molecule has 16 heavy (non-hydrogen) atoms. The Morgan fingerprint density at radius 3 is 2.94 bits per heavy atom. The second-order valence-corrected chi connectivity index (χ2v) is 3.69. The standard InChI is InChI=1S/C12H17NO3/c1-16-10-6-2-4-9(8-10)5-3-7-11(13)12(14)15/h2,4,6,8,11H,3,5,7,13H2,1H3,(H,14,15). The summed E-state index contributed by atoms with van der Waals surface area (Å²) in [7, 11) is 1.62. The molecule has 0 aromatic heterocycles. The first-order chi connectivity index (χ1) is 7.63. The maximum absolute atomic E-state index is 10.5. The number of methoxy groups -OCH3 is 1. The molecule has 0 saturated heterocycles. The van der Waals surface area contributed by atoms with E-state index in [2.05, 4.69) is 0 Å². The number of rotatable bonds is 6. The first kappa shape index (κ1) is 12.5. The zero-order chi connectivity index (χ0) is 12.0.